The lowest BCUT2D eigenvalue weighted by atomic mass is 9.99. The van der Waals surface area contributed by atoms with Crippen LogP contribution in [-0.2, 0) is 0 Å². The Hall–Kier alpha value is -1.38. The molecule has 0 aliphatic carbocycles. The Morgan fingerprint density at radius 3 is 2.47 bits per heavy atom. The van der Waals surface area contributed by atoms with E-state index in [1.165, 1.54) is 0 Å². The maximum absolute atomic E-state index is 6.21. The van der Waals surface area contributed by atoms with Gasteiger partial charge in [-0.25, -0.2) is 0 Å². The van der Waals surface area contributed by atoms with Gasteiger partial charge in [-0.3, -0.25) is 4.98 Å². The van der Waals surface area contributed by atoms with Crippen molar-refractivity contribution < 1.29 is 0 Å². The molecule has 2 N–H and O–H groups in total. The number of nitrogens with two attached hydrogens (primary N) is 1. The van der Waals surface area contributed by atoms with Gasteiger partial charge in [0.1, 0.15) is 0 Å². The monoisotopic (exact) mass is 246 g/mol. The molecule has 0 saturated heterocycles. The van der Waals surface area contributed by atoms with Crippen molar-refractivity contribution >= 4 is 11.6 Å². The summed E-state index contributed by atoms with van der Waals surface area (Å²) < 4.78 is 0. The Kier molecular flexibility index (Phi) is 3.46. The van der Waals surface area contributed by atoms with Gasteiger partial charge >= 0.3 is 0 Å². The zero-order valence-electron chi connectivity index (χ0n) is 9.94. The van der Waals surface area contributed by atoms with E-state index in [1.807, 2.05) is 44.3 Å². The van der Waals surface area contributed by atoms with E-state index in [0.717, 1.165) is 27.4 Å². The molecule has 0 bridgehead atoms. The molecule has 1 heterocycles. The summed E-state index contributed by atoms with van der Waals surface area (Å²) in [6, 6.07) is 9.66. The van der Waals surface area contributed by atoms with E-state index in [1.54, 1.807) is 0 Å². The van der Waals surface area contributed by atoms with E-state index in [4.69, 9.17) is 17.3 Å². The lowest BCUT2D eigenvalue weighted by molar-refractivity contribution is 0.859. The quantitative estimate of drug-likeness (QED) is 0.882. The van der Waals surface area contributed by atoms with Crippen LogP contribution in [0.5, 0.6) is 0 Å². The second-order valence-corrected chi connectivity index (χ2v) is 4.71. The summed E-state index contributed by atoms with van der Waals surface area (Å²) in [6.07, 6.45) is 1.82. The molecule has 1 aromatic carbocycles. The van der Waals surface area contributed by atoms with Crippen LogP contribution in [0.1, 0.15) is 28.4 Å². The van der Waals surface area contributed by atoms with Crippen molar-refractivity contribution in [2.24, 2.45) is 5.73 Å². The minimum atomic E-state index is -0.180. The highest BCUT2D eigenvalue weighted by Crippen LogP contribution is 2.23. The average Bonchev–Trinajstić information content (AvgIpc) is 2.28. The fraction of sp³-hybridized carbons (Fsp3) is 0.214. The number of benzene rings is 1. The van der Waals surface area contributed by atoms with Gasteiger partial charge in [0.2, 0.25) is 0 Å². The summed E-state index contributed by atoms with van der Waals surface area (Å²) in [4.78, 5) is 4.26. The van der Waals surface area contributed by atoms with Crippen LogP contribution >= 0.6 is 11.6 Å². The van der Waals surface area contributed by atoms with Gasteiger partial charge < -0.3 is 5.73 Å². The van der Waals surface area contributed by atoms with Crippen molar-refractivity contribution in [2.75, 3.05) is 0 Å². The van der Waals surface area contributed by atoms with Crippen LogP contribution in [0.25, 0.3) is 0 Å². The van der Waals surface area contributed by atoms with Gasteiger partial charge in [-0.2, -0.15) is 0 Å². The fourth-order valence-corrected chi connectivity index (χ4v) is 2.10. The van der Waals surface area contributed by atoms with Crippen LogP contribution in [0.3, 0.4) is 0 Å². The van der Waals surface area contributed by atoms with Crippen molar-refractivity contribution in [1.82, 2.24) is 4.98 Å². The third-order valence-corrected chi connectivity index (χ3v) is 2.94. The number of aromatic nitrogens is 1. The predicted octanol–water partition coefficient (Wildman–Crippen LogP) is 3.40. The Morgan fingerprint density at radius 2 is 1.88 bits per heavy atom. The summed E-state index contributed by atoms with van der Waals surface area (Å²) in [6.45, 7) is 3.97. The molecule has 0 fully saturated rings. The van der Waals surface area contributed by atoms with Crippen LogP contribution in [0, 0.1) is 13.8 Å². The number of pyridine rings is 1. The van der Waals surface area contributed by atoms with Crippen molar-refractivity contribution in [3.8, 4) is 0 Å². The van der Waals surface area contributed by atoms with Gasteiger partial charge in [-0.05, 0) is 48.7 Å². The molecule has 88 valence electrons. The van der Waals surface area contributed by atoms with E-state index in [9.17, 15) is 0 Å². The summed E-state index contributed by atoms with van der Waals surface area (Å²) in [5.74, 6) is 0. The fourth-order valence-electron chi connectivity index (χ4n) is 1.80. The van der Waals surface area contributed by atoms with E-state index >= 15 is 0 Å². The zero-order chi connectivity index (χ0) is 12.4. The first-order valence-electron chi connectivity index (χ1n) is 5.51. The third-order valence-electron chi connectivity index (χ3n) is 2.72. The standard InChI is InChI=1S/C14H15ClN2/c1-9-5-12(7-13(15)6-9)14(16)11-4-3-10(2)17-8-11/h3-8,14H,16H2,1-2H3. The Labute approximate surface area is 106 Å². The van der Waals surface area contributed by atoms with Crippen molar-refractivity contribution in [3.05, 3.63) is 63.9 Å². The summed E-state index contributed by atoms with van der Waals surface area (Å²) in [5.41, 5.74) is 10.3. The molecule has 0 saturated carbocycles. The molecular formula is C14H15ClN2. The van der Waals surface area contributed by atoms with Crippen LogP contribution in [0.15, 0.2) is 36.5 Å². The molecule has 17 heavy (non-hydrogen) atoms. The first-order chi connectivity index (χ1) is 8.06. The zero-order valence-corrected chi connectivity index (χ0v) is 10.7. The van der Waals surface area contributed by atoms with Gasteiger partial charge in [0.05, 0.1) is 6.04 Å². The van der Waals surface area contributed by atoms with Crippen molar-refractivity contribution in [3.63, 3.8) is 0 Å². The molecule has 1 atom stereocenters. The number of rotatable bonds is 2. The highest BCUT2D eigenvalue weighted by Gasteiger charge is 2.10. The second-order valence-electron chi connectivity index (χ2n) is 4.27. The minimum Gasteiger partial charge on any atom is -0.320 e. The van der Waals surface area contributed by atoms with E-state index < -0.39 is 0 Å². The average molecular weight is 247 g/mol. The topological polar surface area (TPSA) is 38.9 Å². The molecular weight excluding hydrogens is 232 g/mol. The lowest BCUT2D eigenvalue weighted by Crippen LogP contribution is -2.12. The van der Waals surface area contributed by atoms with Crippen LogP contribution < -0.4 is 5.73 Å². The molecule has 1 unspecified atom stereocenters. The number of hydrogen-bond donors (Lipinski definition) is 1. The summed E-state index contributed by atoms with van der Waals surface area (Å²) >= 11 is 6.04. The summed E-state index contributed by atoms with van der Waals surface area (Å²) in [7, 11) is 0. The smallest absolute Gasteiger partial charge is 0.0567 e. The van der Waals surface area contributed by atoms with Crippen LogP contribution in [0.4, 0.5) is 0 Å². The number of hydrogen-bond acceptors (Lipinski definition) is 2. The van der Waals surface area contributed by atoms with E-state index in [0.29, 0.717) is 0 Å². The maximum Gasteiger partial charge on any atom is 0.0567 e. The first-order valence-corrected chi connectivity index (χ1v) is 5.89. The van der Waals surface area contributed by atoms with Gasteiger partial charge in [0.15, 0.2) is 0 Å². The molecule has 2 rings (SSSR count). The highest BCUT2D eigenvalue weighted by molar-refractivity contribution is 6.30. The second kappa shape index (κ2) is 4.86. The van der Waals surface area contributed by atoms with Gasteiger partial charge in [-0.1, -0.05) is 23.7 Å². The molecule has 0 aliphatic rings. The Morgan fingerprint density at radius 1 is 1.12 bits per heavy atom. The van der Waals surface area contributed by atoms with E-state index in [2.05, 4.69) is 11.1 Å². The van der Waals surface area contributed by atoms with E-state index in [-0.39, 0.29) is 6.04 Å². The number of halogens is 1. The van der Waals surface area contributed by atoms with Gasteiger partial charge in [0.25, 0.3) is 0 Å². The minimum absolute atomic E-state index is 0.180. The Bertz CT molecular complexity index is 500. The molecule has 0 amide bonds. The molecule has 0 aliphatic heterocycles. The maximum atomic E-state index is 6.21. The third kappa shape index (κ3) is 2.84. The molecule has 0 spiro atoms. The van der Waals surface area contributed by atoms with Crippen molar-refractivity contribution in [2.45, 2.75) is 19.9 Å². The first kappa shape index (κ1) is 12.1. The molecule has 0 radical (unpaired) electrons. The summed E-state index contributed by atoms with van der Waals surface area (Å²) in [5, 5.41) is 0.718. The van der Waals surface area contributed by atoms with Crippen LogP contribution in [-0.4, -0.2) is 4.98 Å². The number of nitrogens with zero attached hydrogens (tertiary/aromatic N) is 1. The molecule has 3 heteroatoms. The normalized spacial score (nSPS) is 12.5. The molecule has 2 nitrogen and oxygen atoms in total. The Balaban J connectivity index is 2.36. The van der Waals surface area contributed by atoms with Crippen molar-refractivity contribution in [1.29, 1.82) is 0 Å². The molecule has 2 aromatic rings. The van der Waals surface area contributed by atoms with Gasteiger partial charge in [-0.15, -0.1) is 0 Å². The number of aryl methyl sites for hydroxylation is 2. The lowest BCUT2D eigenvalue weighted by Gasteiger charge is -2.13. The molecule has 1 aromatic heterocycles. The van der Waals surface area contributed by atoms with Crippen LogP contribution in [0.2, 0.25) is 5.02 Å². The predicted molar refractivity (Wildman–Crippen MR) is 71.2 cm³/mol. The van der Waals surface area contributed by atoms with Gasteiger partial charge in [0, 0.05) is 16.9 Å². The SMILES string of the molecule is Cc1cc(Cl)cc(C(N)c2ccc(C)nc2)c1. The highest BCUT2D eigenvalue weighted by atomic mass is 35.5. The largest absolute Gasteiger partial charge is 0.320 e.